The van der Waals surface area contributed by atoms with Crippen molar-refractivity contribution in [3.05, 3.63) is 0 Å². The number of Topliss-reactive ketones (excluding diaryl/α,β-unsaturated/α-hetero) is 1. The summed E-state index contributed by atoms with van der Waals surface area (Å²) in [6.45, 7) is 1.70. The maximum Gasteiger partial charge on any atom is 0.280 e. The third-order valence-corrected chi connectivity index (χ3v) is 4.93. The molecular formula is C14H26Cl2N2O7. The van der Waals surface area contributed by atoms with E-state index in [2.05, 4.69) is 10.6 Å². The lowest BCUT2D eigenvalue weighted by atomic mass is 9.80. The topological polar surface area (TPSA) is 130 Å². The first-order chi connectivity index (χ1) is 10.8. The number of ketones is 1. The number of aliphatic hydroxyl groups excluding tert-OH is 2. The van der Waals surface area contributed by atoms with Gasteiger partial charge in [-0.2, -0.15) is 0 Å². The molecule has 3 rings (SSSR count). The van der Waals surface area contributed by atoms with Gasteiger partial charge in [0.2, 0.25) is 6.29 Å². The van der Waals surface area contributed by atoms with Gasteiger partial charge in [-0.15, -0.1) is 24.8 Å². The van der Waals surface area contributed by atoms with Gasteiger partial charge in [-0.1, -0.05) is 0 Å². The van der Waals surface area contributed by atoms with Crippen molar-refractivity contribution < 1.29 is 34.3 Å². The highest BCUT2D eigenvalue weighted by atomic mass is 35.5. The summed E-state index contributed by atoms with van der Waals surface area (Å²) in [5, 5.41) is 37.2. The summed E-state index contributed by atoms with van der Waals surface area (Å²) in [7, 11) is 3.24. The Labute approximate surface area is 158 Å². The van der Waals surface area contributed by atoms with Crippen molar-refractivity contribution in [1.82, 2.24) is 10.6 Å². The Hall–Kier alpha value is -0.0700. The normalized spacial score (nSPS) is 49.3. The molecule has 2 aliphatic heterocycles. The summed E-state index contributed by atoms with van der Waals surface area (Å²) in [5.74, 6) is -2.76. The van der Waals surface area contributed by atoms with Crippen LogP contribution in [0, 0.1) is 0 Å². The molecule has 2 heterocycles. The van der Waals surface area contributed by atoms with E-state index < -0.39 is 60.5 Å². The minimum absolute atomic E-state index is 0. The Balaban J connectivity index is 0.00000156. The molecule has 3 fully saturated rings. The van der Waals surface area contributed by atoms with E-state index in [1.54, 1.807) is 21.0 Å². The summed E-state index contributed by atoms with van der Waals surface area (Å²) in [4.78, 5) is 12.2. The van der Waals surface area contributed by atoms with Crippen molar-refractivity contribution in [2.24, 2.45) is 0 Å². The number of ether oxygens (including phenoxy) is 3. The van der Waals surface area contributed by atoms with Crippen molar-refractivity contribution in [1.29, 1.82) is 0 Å². The predicted molar refractivity (Wildman–Crippen MR) is 90.9 cm³/mol. The molecule has 0 amide bonds. The highest BCUT2D eigenvalue weighted by Crippen LogP contribution is 2.40. The third-order valence-electron chi connectivity index (χ3n) is 4.93. The quantitative estimate of drug-likeness (QED) is 0.351. The second kappa shape index (κ2) is 8.30. The van der Waals surface area contributed by atoms with Gasteiger partial charge in [0.15, 0.2) is 5.78 Å². The second-order valence-corrected chi connectivity index (χ2v) is 6.40. The number of likely N-dealkylation sites (N-methyl/N-ethyl adjacent to an activating group) is 2. The molecule has 0 aromatic carbocycles. The molecule has 1 aliphatic carbocycles. The maximum atomic E-state index is 12.2. The van der Waals surface area contributed by atoms with Crippen LogP contribution in [0.2, 0.25) is 0 Å². The predicted octanol–water partition coefficient (Wildman–Crippen LogP) is -2.08. The molecule has 0 spiro atoms. The Bertz CT molecular complexity index is 488. The van der Waals surface area contributed by atoms with Crippen LogP contribution in [0.25, 0.3) is 0 Å². The standard InChI is InChI=1S/C14H24N2O7.2ClH/c1-5-4-6(17)14(20)13(21-5)22-12-10(19)7(15-2)9(18)8(16-3)11(12)23-14;;/h5,7-13,15-16,18-20H,4H2,1-3H3;2*1H/t5-,7-,8+,9+,10+,11-,12+,13+,14+;;/m1../s1. The summed E-state index contributed by atoms with van der Waals surface area (Å²) < 4.78 is 16.8. The fourth-order valence-corrected chi connectivity index (χ4v) is 3.68. The van der Waals surface area contributed by atoms with E-state index in [9.17, 15) is 20.1 Å². The Morgan fingerprint density at radius 2 is 1.64 bits per heavy atom. The molecule has 0 unspecified atom stereocenters. The van der Waals surface area contributed by atoms with E-state index in [4.69, 9.17) is 14.2 Å². The molecule has 2 saturated heterocycles. The number of fused-ring (bicyclic) bond motifs is 2. The molecule has 5 N–H and O–H groups in total. The molecule has 25 heavy (non-hydrogen) atoms. The monoisotopic (exact) mass is 404 g/mol. The fraction of sp³-hybridized carbons (Fsp3) is 0.929. The first-order valence-corrected chi connectivity index (χ1v) is 7.78. The summed E-state index contributed by atoms with van der Waals surface area (Å²) >= 11 is 0. The molecule has 3 aliphatic rings. The SMILES string of the molecule is CN[C@@H]1[C@H](O)[C@H](NC)[C@H]2O[C@@]3(O)C(=O)C[C@@H](C)O[C@H]3O[C@H]2[C@H]1O.Cl.Cl. The van der Waals surface area contributed by atoms with Crippen LogP contribution in [0.4, 0.5) is 0 Å². The van der Waals surface area contributed by atoms with Crippen molar-refractivity contribution in [3.8, 4) is 0 Å². The van der Waals surface area contributed by atoms with Crippen molar-refractivity contribution in [2.75, 3.05) is 14.1 Å². The lowest BCUT2D eigenvalue weighted by Crippen LogP contribution is -2.77. The van der Waals surface area contributed by atoms with E-state index in [1.807, 2.05) is 0 Å². The zero-order valence-corrected chi connectivity index (χ0v) is 15.8. The van der Waals surface area contributed by atoms with Gasteiger partial charge in [0, 0.05) is 6.42 Å². The lowest BCUT2D eigenvalue weighted by molar-refractivity contribution is -0.420. The van der Waals surface area contributed by atoms with Crippen LogP contribution in [0.3, 0.4) is 0 Å². The highest BCUT2D eigenvalue weighted by Gasteiger charge is 2.63. The van der Waals surface area contributed by atoms with E-state index in [0.29, 0.717) is 0 Å². The number of aliphatic hydroxyl groups is 3. The molecule has 1 saturated carbocycles. The Kier molecular flexibility index (Phi) is 7.63. The number of rotatable bonds is 2. The largest absolute Gasteiger partial charge is 0.390 e. The molecule has 0 radical (unpaired) electrons. The van der Waals surface area contributed by atoms with E-state index >= 15 is 0 Å². The molecule has 0 aromatic heterocycles. The molecule has 9 nitrogen and oxygen atoms in total. The van der Waals surface area contributed by atoms with Crippen LogP contribution in [0.1, 0.15) is 13.3 Å². The van der Waals surface area contributed by atoms with Crippen LogP contribution in [0.15, 0.2) is 0 Å². The van der Waals surface area contributed by atoms with Gasteiger partial charge in [0.25, 0.3) is 5.79 Å². The fourth-order valence-electron chi connectivity index (χ4n) is 3.68. The van der Waals surface area contributed by atoms with Gasteiger partial charge in [-0.05, 0) is 21.0 Å². The number of carbonyl (C=O) groups excluding carboxylic acids is 1. The first kappa shape index (κ1) is 23.0. The Morgan fingerprint density at radius 1 is 1.04 bits per heavy atom. The van der Waals surface area contributed by atoms with Gasteiger partial charge >= 0.3 is 0 Å². The lowest BCUT2D eigenvalue weighted by Gasteiger charge is -2.55. The van der Waals surface area contributed by atoms with Crippen LogP contribution >= 0.6 is 24.8 Å². The zero-order valence-electron chi connectivity index (χ0n) is 14.1. The minimum Gasteiger partial charge on any atom is -0.390 e. The summed E-state index contributed by atoms with van der Waals surface area (Å²) in [5.41, 5.74) is 0. The minimum atomic E-state index is -2.23. The van der Waals surface area contributed by atoms with Crippen molar-refractivity contribution >= 4 is 30.6 Å². The highest BCUT2D eigenvalue weighted by molar-refractivity contribution is 5.87. The number of carbonyl (C=O) groups is 1. The van der Waals surface area contributed by atoms with E-state index in [-0.39, 0.29) is 31.2 Å². The smallest absolute Gasteiger partial charge is 0.280 e. The second-order valence-electron chi connectivity index (χ2n) is 6.40. The molecule has 9 atom stereocenters. The molecular weight excluding hydrogens is 379 g/mol. The summed E-state index contributed by atoms with van der Waals surface area (Å²) in [6, 6.07) is -1.29. The number of hydrogen-bond donors (Lipinski definition) is 5. The molecule has 0 bridgehead atoms. The third kappa shape index (κ3) is 3.55. The zero-order chi connectivity index (χ0) is 16.9. The number of hydrogen-bond acceptors (Lipinski definition) is 9. The average molecular weight is 405 g/mol. The van der Waals surface area contributed by atoms with E-state index in [1.165, 1.54) is 0 Å². The summed E-state index contributed by atoms with van der Waals surface area (Å²) in [6.07, 6.45) is -5.58. The van der Waals surface area contributed by atoms with E-state index in [0.717, 1.165) is 0 Å². The first-order valence-electron chi connectivity index (χ1n) is 7.78. The van der Waals surface area contributed by atoms with Crippen molar-refractivity contribution in [2.45, 2.75) is 68.0 Å². The number of halogens is 2. The van der Waals surface area contributed by atoms with Crippen LogP contribution in [0.5, 0.6) is 0 Å². The van der Waals surface area contributed by atoms with Crippen LogP contribution < -0.4 is 10.6 Å². The van der Waals surface area contributed by atoms with Crippen LogP contribution in [-0.2, 0) is 19.0 Å². The molecule has 148 valence electrons. The van der Waals surface area contributed by atoms with Crippen LogP contribution in [-0.4, -0.2) is 89.9 Å². The van der Waals surface area contributed by atoms with Gasteiger partial charge < -0.3 is 40.2 Å². The van der Waals surface area contributed by atoms with Gasteiger partial charge in [-0.3, -0.25) is 4.79 Å². The maximum absolute atomic E-state index is 12.2. The molecule has 0 aromatic rings. The molecule has 11 heteroatoms. The van der Waals surface area contributed by atoms with Crippen molar-refractivity contribution in [3.63, 3.8) is 0 Å². The number of nitrogens with one attached hydrogen (secondary N) is 2. The van der Waals surface area contributed by atoms with Gasteiger partial charge in [-0.25, -0.2) is 0 Å². The average Bonchev–Trinajstić information content (AvgIpc) is 2.49. The van der Waals surface area contributed by atoms with Gasteiger partial charge in [0.05, 0.1) is 24.3 Å². The van der Waals surface area contributed by atoms with Gasteiger partial charge in [0.1, 0.15) is 18.3 Å². The Morgan fingerprint density at radius 3 is 2.20 bits per heavy atom.